The molecule has 0 heterocycles. The molecule has 2 aliphatic carbocycles. The van der Waals surface area contributed by atoms with Gasteiger partial charge in [-0.25, -0.2) is 9.59 Å². The smallest absolute Gasteiger partial charge is 0.330 e. The Morgan fingerprint density at radius 2 is 1.02 bits per heavy atom. The zero-order valence-corrected chi connectivity index (χ0v) is 36.6. The Kier molecular flexibility index (Phi) is 8.84. The highest BCUT2D eigenvalue weighted by Crippen LogP contribution is 2.54. The van der Waals surface area contributed by atoms with Gasteiger partial charge in [-0.2, -0.15) is 0 Å². The van der Waals surface area contributed by atoms with Crippen LogP contribution < -0.4 is 0 Å². The lowest BCUT2D eigenvalue weighted by Gasteiger charge is -2.31. The summed E-state index contributed by atoms with van der Waals surface area (Å²) in [7, 11) is 0. The molecule has 0 amide bonds. The maximum atomic E-state index is 12.5. The van der Waals surface area contributed by atoms with E-state index in [1.54, 1.807) is 0 Å². The minimum atomic E-state index is -0.967. The Morgan fingerprint density at radius 3 is 1.61 bits per heavy atom. The third kappa shape index (κ3) is 6.00. The molecule has 0 saturated carbocycles. The average molecular weight is 862 g/mol. The molecule has 0 aliphatic heterocycles. The van der Waals surface area contributed by atoms with E-state index < -0.39 is 17.4 Å². The Bertz CT molecular complexity index is 3150. The van der Waals surface area contributed by atoms with Crippen molar-refractivity contribution in [2.45, 2.75) is 50.9 Å². The number of rotatable bonds is 8. The van der Waals surface area contributed by atoms with E-state index in [9.17, 15) is 9.59 Å². The summed E-state index contributed by atoms with van der Waals surface area (Å²) in [6.07, 6.45) is 2.30. The molecule has 0 radical (unpaired) electrons. The fraction of sp³-hybridized carbons (Fsp3) is 0.179. The SMILES string of the molecule is C=CC(=O)OCC1(COC(=O)C=C)c2cc(Br)ccc2-c2ccc(-c3ccc4c(c3)C(C)(C)c3cc(-c5ccc6ccc7cc(C(C)(C)C)cc8ccc5c6c78)ccc3-4)cc21. The Labute approximate surface area is 365 Å². The van der Waals surface area contributed by atoms with Gasteiger partial charge in [-0.1, -0.05) is 155 Å². The molecule has 0 fully saturated rings. The van der Waals surface area contributed by atoms with Crippen LogP contribution in [0.3, 0.4) is 0 Å². The molecule has 0 aromatic heterocycles. The van der Waals surface area contributed by atoms with Gasteiger partial charge in [0.15, 0.2) is 0 Å². The number of fused-ring (bicyclic) bond motifs is 6. The first kappa shape index (κ1) is 38.9. The first-order chi connectivity index (χ1) is 29.2. The van der Waals surface area contributed by atoms with Crippen LogP contribution in [0.2, 0.25) is 0 Å². The summed E-state index contributed by atoms with van der Waals surface area (Å²) < 4.78 is 12.4. The van der Waals surface area contributed by atoms with Crippen molar-refractivity contribution in [3.63, 3.8) is 0 Å². The molecule has 300 valence electrons. The fourth-order valence-corrected chi connectivity index (χ4v) is 10.5. The van der Waals surface area contributed by atoms with Crippen molar-refractivity contribution in [1.29, 1.82) is 0 Å². The van der Waals surface area contributed by atoms with Crippen LogP contribution in [0.25, 0.3) is 76.8 Å². The molecule has 4 nitrogen and oxygen atoms in total. The first-order valence-corrected chi connectivity index (χ1v) is 21.6. The number of halogens is 1. The number of hydrogen-bond acceptors (Lipinski definition) is 4. The number of carbonyl (C=O) groups is 2. The van der Waals surface area contributed by atoms with Gasteiger partial charge in [-0.05, 0) is 140 Å². The maximum absolute atomic E-state index is 12.5. The molecule has 61 heavy (non-hydrogen) atoms. The van der Waals surface area contributed by atoms with Gasteiger partial charge in [-0.15, -0.1) is 0 Å². The van der Waals surface area contributed by atoms with Crippen molar-refractivity contribution in [2.75, 3.05) is 13.2 Å². The van der Waals surface area contributed by atoms with E-state index in [-0.39, 0.29) is 24.0 Å². The molecule has 0 unspecified atom stereocenters. The summed E-state index contributed by atoms with van der Waals surface area (Å²) >= 11 is 3.65. The Balaban J connectivity index is 1.05. The van der Waals surface area contributed by atoms with Crippen molar-refractivity contribution >= 4 is 60.2 Å². The van der Waals surface area contributed by atoms with E-state index in [0.29, 0.717) is 0 Å². The highest BCUT2D eigenvalue weighted by molar-refractivity contribution is 9.10. The summed E-state index contributed by atoms with van der Waals surface area (Å²) in [5.41, 5.74) is 13.6. The second kappa shape index (κ2) is 13.9. The fourth-order valence-electron chi connectivity index (χ4n) is 10.1. The summed E-state index contributed by atoms with van der Waals surface area (Å²) in [4.78, 5) is 25.1. The third-order valence-corrected chi connectivity index (χ3v) is 13.9. The van der Waals surface area contributed by atoms with Crippen LogP contribution in [0.4, 0.5) is 0 Å². The summed E-state index contributed by atoms with van der Waals surface area (Å²) in [5.74, 6) is -1.10. The lowest BCUT2D eigenvalue weighted by molar-refractivity contribution is -0.143. The number of esters is 2. The van der Waals surface area contributed by atoms with Gasteiger partial charge in [0.25, 0.3) is 0 Å². The highest BCUT2D eigenvalue weighted by atomic mass is 79.9. The van der Waals surface area contributed by atoms with Crippen LogP contribution in [-0.4, -0.2) is 25.2 Å². The number of ether oxygens (including phenoxy) is 2. The minimum absolute atomic E-state index is 0.0404. The molecule has 0 saturated heterocycles. The van der Waals surface area contributed by atoms with Crippen LogP contribution >= 0.6 is 15.9 Å². The summed E-state index contributed by atoms with van der Waals surface area (Å²) in [6, 6.07) is 44.8. The molecular formula is C56H45BrO4. The topological polar surface area (TPSA) is 52.6 Å². The number of carbonyl (C=O) groups excluding carboxylic acids is 2. The quantitative estimate of drug-likeness (QED) is 0.0868. The lowest BCUT2D eigenvalue weighted by atomic mass is 9.78. The van der Waals surface area contributed by atoms with E-state index in [4.69, 9.17) is 9.47 Å². The van der Waals surface area contributed by atoms with E-state index in [1.165, 1.54) is 71.3 Å². The van der Waals surface area contributed by atoms with Crippen molar-refractivity contribution < 1.29 is 19.1 Å². The van der Waals surface area contributed by atoms with Crippen LogP contribution in [0.1, 0.15) is 62.4 Å². The molecule has 5 heteroatoms. The van der Waals surface area contributed by atoms with Gasteiger partial charge in [0, 0.05) is 22.0 Å². The molecule has 0 bridgehead atoms. The van der Waals surface area contributed by atoms with Gasteiger partial charge < -0.3 is 9.47 Å². The van der Waals surface area contributed by atoms with Gasteiger partial charge in [-0.3, -0.25) is 0 Å². The first-order valence-electron chi connectivity index (χ1n) is 20.8. The molecule has 8 aromatic rings. The van der Waals surface area contributed by atoms with Gasteiger partial charge in [0.1, 0.15) is 13.2 Å². The van der Waals surface area contributed by atoms with Crippen molar-refractivity contribution in [3.8, 4) is 44.5 Å². The van der Waals surface area contributed by atoms with Gasteiger partial charge in [0.05, 0.1) is 5.41 Å². The predicted octanol–water partition coefficient (Wildman–Crippen LogP) is 14.0. The minimum Gasteiger partial charge on any atom is -0.461 e. The molecule has 2 aliphatic rings. The number of benzene rings is 8. The summed E-state index contributed by atoms with van der Waals surface area (Å²) in [5, 5.41) is 7.78. The third-order valence-electron chi connectivity index (χ3n) is 13.4. The predicted molar refractivity (Wildman–Crippen MR) is 254 cm³/mol. The van der Waals surface area contributed by atoms with Gasteiger partial charge in [0.2, 0.25) is 0 Å². The average Bonchev–Trinajstić information content (AvgIpc) is 3.65. The zero-order chi connectivity index (χ0) is 42.6. The largest absolute Gasteiger partial charge is 0.461 e. The van der Waals surface area contributed by atoms with Crippen LogP contribution in [0, 0.1) is 0 Å². The van der Waals surface area contributed by atoms with Crippen LogP contribution in [0.15, 0.2) is 151 Å². The molecule has 10 rings (SSSR count). The van der Waals surface area contributed by atoms with Gasteiger partial charge >= 0.3 is 11.9 Å². The zero-order valence-electron chi connectivity index (χ0n) is 35.0. The molecule has 0 atom stereocenters. The molecular weight excluding hydrogens is 817 g/mol. The number of hydrogen-bond donors (Lipinski definition) is 0. The second-order valence-electron chi connectivity index (χ2n) is 18.2. The van der Waals surface area contributed by atoms with Crippen molar-refractivity contribution in [3.05, 3.63) is 179 Å². The van der Waals surface area contributed by atoms with E-state index in [2.05, 4.69) is 173 Å². The van der Waals surface area contributed by atoms with E-state index in [0.717, 1.165) is 50.0 Å². The van der Waals surface area contributed by atoms with Crippen LogP contribution in [-0.2, 0) is 35.3 Å². The normalized spacial score (nSPS) is 14.4. The Hall–Kier alpha value is -6.30. The van der Waals surface area contributed by atoms with Crippen molar-refractivity contribution in [1.82, 2.24) is 0 Å². The standard InChI is InChI=1S/C56H45BrO4/c1-8-50(58)60-30-56(31-61-51(59)9-2)48-27-34(14-20-43(48)44-23-17-39(57)29-49(44)56)33-13-19-41-42-21-15-35(28-47(42)55(6,7)46(41)26-33)40-18-12-32-10-11-36-24-38(54(3,4)5)25-37-16-22-45(40)53(32)52(36)37/h8-29H,1-2,30-31H2,3-7H3. The molecule has 0 N–H and O–H groups in total. The van der Waals surface area contributed by atoms with E-state index in [1.807, 2.05) is 12.1 Å². The summed E-state index contributed by atoms with van der Waals surface area (Å²) in [6.45, 7) is 18.6. The molecule has 8 aromatic carbocycles. The van der Waals surface area contributed by atoms with Crippen molar-refractivity contribution in [2.24, 2.45) is 0 Å². The maximum Gasteiger partial charge on any atom is 0.330 e. The lowest BCUT2D eigenvalue weighted by Crippen LogP contribution is -2.38. The highest BCUT2D eigenvalue weighted by Gasteiger charge is 2.46. The monoisotopic (exact) mass is 860 g/mol. The van der Waals surface area contributed by atoms with E-state index >= 15 is 0 Å². The second-order valence-corrected chi connectivity index (χ2v) is 19.2. The van der Waals surface area contributed by atoms with Crippen LogP contribution in [0.5, 0.6) is 0 Å². The molecule has 0 spiro atoms. The Morgan fingerprint density at radius 1 is 0.557 bits per heavy atom.